The summed E-state index contributed by atoms with van der Waals surface area (Å²) < 4.78 is 11.0. The molecule has 2 aromatic carbocycles. The Hall–Kier alpha value is -3.14. The highest BCUT2D eigenvalue weighted by molar-refractivity contribution is 5.79. The molecule has 39 heavy (non-hydrogen) atoms. The molecule has 2 aromatic rings. The molecular weight excluding hydrogens is 498 g/mol. The van der Waals surface area contributed by atoms with Crippen LogP contribution in [0.5, 0.6) is 11.5 Å². The summed E-state index contributed by atoms with van der Waals surface area (Å²) in [4.78, 5) is 30.4. The lowest BCUT2D eigenvalue weighted by atomic mass is 9.82. The molecule has 2 aliphatic rings. The molecule has 2 heterocycles. The van der Waals surface area contributed by atoms with Gasteiger partial charge in [-0.15, -0.1) is 0 Å². The van der Waals surface area contributed by atoms with Crippen molar-refractivity contribution in [3.63, 3.8) is 0 Å². The lowest BCUT2D eigenvalue weighted by molar-refractivity contribution is -0.143. The van der Waals surface area contributed by atoms with Gasteiger partial charge in [0.05, 0.1) is 19.1 Å². The number of amides is 1. The van der Waals surface area contributed by atoms with E-state index in [0.717, 1.165) is 42.4 Å². The second-order valence-electron chi connectivity index (χ2n) is 10.4. The molecular formula is C30H41N3O6. The average Bonchev–Trinajstić information content (AvgIpc) is 3.55. The molecule has 1 saturated heterocycles. The second-order valence-corrected chi connectivity index (χ2v) is 10.4. The predicted octanol–water partition coefficient (Wildman–Crippen LogP) is 2.99. The fourth-order valence-electron chi connectivity index (χ4n) is 5.80. The van der Waals surface area contributed by atoms with Gasteiger partial charge in [0.2, 0.25) is 12.7 Å². The molecule has 0 aliphatic carbocycles. The molecule has 0 aromatic heterocycles. The molecule has 1 fully saturated rings. The first-order chi connectivity index (χ1) is 19.0. The first-order valence-corrected chi connectivity index (χ1v) is 14.0. The van der Waals surface area contributed by atoms with Crippen molar-refractivity contribution < 1.29 is 29.3 Å². The fraction of sp³-hybridized carbons (Fsp3) is 0.533. The number of nitrogens with zero attached hydrogens (tertiary/aromatic N) is 2. The Morgan fingerprint density at radius 3 is 2.51 bits per heavy atom. The number of carboxylic acids is 1. The molecule has 2 aliphatic heterocycles. The molecule has 212 valence electrons. The van der Waals surface area contributed by atoms with E-state index in [1.807, 2.05) is 52.3 Å². The third-order valence-corrected chi connectivity index (χ3v) is 7.93. The van der Waals surface area contributed by atoms with Crippen LogP contribution in [0.2, 0.25) is 0 Å². The van der Waals surface area contributed by atoms with Crippen LogP contribution in [-0.2, 0) is 22.6 Å². The van der Waals surface area contributed by atoms with E-state index >= 15 is 0 Å². The summed E-state index contributed by atoms with van der Waals surface area (Å²) in [5.74, 6) is -0.711. The van der Waals surface area contributed by atoms with Crippen molar-refractivity contribution in [2.45, 2.75) is 57.6 Å². The molecule has 0 saturated carbocycles. The summed E-state index contributed by atoms with van der Waals surface area (Å²) >= 11 is 0. The minimum Gasteiger partial charge on any atom is -0.481 e. The number of hydrogen-bond acceptors (Lipinski definition) is 7. The van der Waals surface area contributed by atoms with Crippen LogP contribution in [0, 0.1) is 5.92 Å². The Bertz CT molecular complexity index is 1130. The minimum absolute atomic E-state index is 0.0105. The van der Waals surface area contributed by atoms with Gasteiger partial charge in [-0.3, -0.25) is 14.5 Å². The van der Waals surface area contributed by atoms with E-state index < -0.39 is 17.9 Å². The number of likely N-dealkylation sites (tertiary alicyclic amines) is 1. The van der Waals surface area contributed by atoms with Crippen molar-refractivity contribution in [2.75, 3.05) is 39.5 Å². The van der Waals surface area contributed by atoms with Crippen molar-refractivity contribution in [1.29, 1.82) is 0 Å². The predicted molar refractivity (Wildman–Crippen MR) is 148 cm³/mol. The number of carboxylic acid groups (broad SMARTS) is 1. The largest absolute Gasteiger partial charge is 0.481 e. The van der Waals surface area contributed by atoms with Crippen molar-refractivity contribution in [2.24, 2.45) is 11.7 Å². The zero-order valence-corrected chi connectivity index (χ0v) is 22.8. The number of benzene rings is 2. The maximum Gasteiger partial charge on any atom is 0.308 e. The monoisotopic (exact) mass is 539 g/mol. The minimum atomic E-state index is -0.898. The van der Waals surface area contributed by atoms with E-state index in [1.165, 1.54) is 0 Å². The Morgan fingerprint density at radius 1 is 1.05 bits per heavy atom. The van der Waals surface area contributed by atoms with Crippen molar-refractivity contribution in [1.82, 2.24) is 9.80 Å². The number of unbranched alkanes of at least 4 members (excludes halogenated alkanes) is 2. The van der Waals surface area contributed by atoms with E-state index in [0.29, 0.717) is 44.1 Å². The number of fused-ring (bicyclic) bond motifs is 1. The maximum atomic E-state index is 13.6. The van der Waals surface area contributed by atoms with Crippen LogP contribution < -0.4 is 15.2 Å². The van der Waals surface area contributed by atoms with Crippen LogP contribution in [0.15, 0.2) is 42.5 Å². The molecule has 4 rings (SSSR count). The second kappa shape index (κ2) is 13.8. The van der Waals surface area contributed by atoms with E-state index in [9.17, 15) is 19.8 Å². The Kier molecular flexibility index (Phi) is 10.2. The molecule has 0 unspecified atom stereocenters. The van der Waals surface area contributed by atoms with Gasteiger partial charge in [0.25, 0.3) is 0 Å². The van der Waals surface area contributed by atoms with Crippen molar-refractivity contribution in [3.05, 3.63) is 59.2 Å². The van der Waals surface area contributed by atoms with Gasteiger partial charge in [0.1, 0.15) is 0 Å². The number of carbonyl (C=O) groups is 2. The number of hydrogen-bond donors (Lipinski definition) is 3. The molecule has 9 heteroatoms. The third kappa shape index (κ3) is 6.90. The summed E-state index contributed by atoms with van der Waals surface area (Å²) in [6.45, 7) is 4.61. The molecule has 4 N–H and O–H groups in total. The van der Waals surface area contributed by atoms with Crippen LogP contribution in [-0.4, -0.2) is 77.4 Å². The van der Waals surface area contributed by atoms with E-state index in [4.69, 9.17) is 15.2 Å². The number of ether oxygens (including phenoxy) is 2. The number of aliphatic hydroxyl groups excluding tert-OH is 1. The highest BCUT2D eigenvalue weighted by Gasteiger charge is 2.47. The topological polar surface area (TPSA) is 126 Å². The van der Waals surface area contributed by atoms with Gasteiger partial charge in [-0.2, -0.15) is 0 Å². The lowest BCUT2D eigenvalue weighted by Gasteiger charge is -2.30. The van der Waals surface area contributed by atoms with E-state index in [-0.39, 0.29) is 31.8 Å². The van der Waals surface area contributed by atoms with Crippen LogP contribution in [0.1, 0.15) is 55.2 Å². The third-order valence-electron chi connectivity index (χ3n) is 7.93. The summed E-state index contributed by atoms with van der Waals surface area (Å²) in [6.07, 6.45) is 4.02. The quantitative estimate of drug-likeness (QED) is 0.313. The molecule has 0 radical (unpaired) electrons. The van der Waals surface area contributed by atoms with Gasteiger partial charge < -0.3 is 30.3 Å². The first kappa shape index (κ1) is 28.9. The zero-order chi connectivity index (χ0) is 27.8. The van der Waals surface area contributed by atoms with E-state index in [2.05, 4.69) is 6.92 Å². The normalized spacial score (nSPS) is 20.3. The fourth-order valence-corrected chi connectivity index (χ4v) is 5.80. The molecule has 0 bridgehead atoms. The smallest absolute Gasteiger partial charge is 0.308 e. The van der Waals surface area contributed by atoms with Crippen LogP contribution in [0.3, 0.4) is 0 Å². The average molecular weight is 540 g/mol. The van der Waals surface area contributed by atoms with Crippen molar-refractivity contribution in [3.8, 4) is 11.5 Å². The van der Waals surface area contributed by atoms with E-state index in [1.54, 1.807) is 0 Å². The molecule has 9 nitrogen and oxygen atoms in total. The maximum absolute atomic E-state index is 13.6. The lowest BCUT2D eigenvalue weighted by Crippen LogP contribution is -2.45. The number of aliphatic carboxylic acids is 1. The van der Waals surface area contributed by atoms with Crippen LogP contribution >= 0.6 is 0 Å². The highest BCUT2D eigenvalue weighted by Crippen LogP contribution is 2.43. The molecule has 1 amide bonds. The SMILES string of the molecule is CCCCN(CCCCN)C(=O)CN1C[C@H](c2ccc3c(c2)OCO3)[C@@H](C(=O)O)[C@@H]1Cc1ccccc1CO. The number of rotatable bonds is 14. The standard InChI is InChI=1S/C30H41N3O6/c1-2-3-13-32(14-7-6-12-31)28(35)18-33-17-24(22-10-11-26-27(16-22)39-20-38-26)29(30(36)37)25(33)15-21-8-4-5-9-23(21)19-34/h4-5,8-11,16,24-25,29,34H,2-3,6-7,12-15,17-20,31H2,1H3,(H,36,37)/t24-,25+,29-/m1/s1. The van der Waals surface area contributed by atoms with Crippen LogP contribution in [0.4, 0.5) is 0 Å². The number of aliphatic hydroxyl groups is 1. The van der Waals surface area contributed by atoms with Gasteiger partial charge in [0.15, 0.2) is 11.5 Å². The van der Waals surface area contributed by atoms with Gasteiger partial charge in [-0.25, -0.2) is 0 Å². The Labute approximate surface area is 230 Å². The first-order valence-electron chi connectivity index (χ1n) is 14.0. The van der Waals surface area contributed by atoms with Gasteiger partial charge in [-0.05, 0) is 61.1 Å². The molecule has 3 atom stereocenters. The Morgan fingerprint density at radius 2 is 1.79 bits per heavy atom. The highest BCUT2D eigenvalue weighted by atomic mass is 16.7. The van der Waals surface area contributed by atoms with Gasteiger partial charge in [0, 0.05) is 31.6 Å². The summed E-state index contributed by atoms with van der Waals surface area (Å²) in [5.41, 5.74) is 8.20. The van der Waals surface area contributed by atoms with Crippen molar-refractivity contribution >= 4 is 11.9 Å². The molecule has 0 spiro atoms. The Balaban J connectivity index is 1.64. The van der Waals surface area contributed by atoms with Gasteiger partial charge in [-0.1, -0.05) is 43.7 Å². The zero-order valence-electron chi connectivity index (χ0n) is 22.8. The van der Waals surface area contributed by atoms with Crippen LogP contribution in [0.25, 0.3) is 0 Å². The number of carbonyl (C=O) groups excluding carboxylic acids is 1. The summed E-state index contributed by atoms with van der Waals surface area (Å²) in [7, 11) is 0. The summed E-state index contributed by atoms with van der Waals surface area (Å²) in [6, 6.07) is 12.7. The van der Waals surface area contributed by atoms with Gasteiger partial charge >= 0.3 is 5.97 Å². The number of nitrogens with two attached hydrogens (primary N) is 1. The summed E-state index contributed by atoms with van der Waals surface area (Å²) in [5, 5.41) is 20.4.